The fourth-order valence-electron chi connectivity index (χ4n) is 5.63. The molecule has 1 atom stereocenters. The van der Waals surface area contributed by atoms with Gasteiger partial charge in [-0.15, -0.1) is 9.20 Å². The zero-order valence-corrected chi connectivity index (χ0v) is 25.3. The van der Waals surface area contributed by atoms with Crippen molar-refractivity contribution in [2.75, 3.05) is 24.2 Å². The lowest BCUT2D eigenvalue weighted by Crippen LogP contribution is -2.41. The number of benzene rings is 2. The minimum Gasteiger partial charge on any atom is -0.454 e. The summed E-state index contributed by atoms with van der Waals surface area (Å²) in [6.07, 6.45) is 2.46. The predicted molar refractivity (Wildman–Crippen MR) is 162 cm³/mol. The van der Waals surface area contributed by atoms with Crippen molar-refractivity contribution in [3.8, 4) is 11.5 Å². The largest absolute Gasteiger partial charge is 0.454 e. The molecule has 0 bridgehead atoms. The fraction of sp³-hybridized carbons (Fsp3) is 0.250. The Balaban J connectivity index is 1.13. The first-order valence-corrected chi connectivity index (χ1v) is 14.6. The van der Waals surface area contributed by atoms with E-state index >= 15 is 0 Å². The second kappa shape index (κ2) is 11.9. The van der Waals surface area contributed by atoms with Crippen LogP contribution in [0.25, 0.3) is 11.3 Å². The van der Waals surface area contributed by atoms with E-state index in [-0.39, 0.29) is 25.8 Å². The van der Waals surface area contributed by atoms with Crippen molar-refractivity contribution in [2.45, 2.75) is 40.2 Å². The van der Waals surface area contributed by atoms with Crippen LogP contribution in [-0.2, 0) is 17.9 Å². The highest BCUT2D eigenvalue weighted by molar-refractivity contribution is 5.58. The van der Waals surface area contributed by atoms with E-state index in [1.54, 1.807) is 28.9 Å². The number of fused-ring (bicyclic) bond motifs is 3. The van der Waals surface area contributed by atoms with Crippen LogP contribution in [0.5, 0.6) is 11.5 Å². The standard InChI is InChI=1S/C32H31F2N8O4/c1-18-6-20(3)42-30(37-18)21(15-44-16-35-25-9-22(33)8-23(34)10-25)13-40(42)14-26-7-19(2)41-31(38-26)27(12-36-41)32(43)39-24-4-5-28-29(11-24)46-17-45-28/h4-13,32,35,39,43H,14-17H2,1-3H3/q+1. The number of nitrogens with zero attached hydrogens (tertiary/aromatic N) is 6. The van der Waals surface area contributed by atoms with Crippen LogP contribution in [0.15, 0.2) is 60.9 Å². The van der Waals surface area contributed by atoms with E-state index < -0.39 is 17.9 Å². The number of anilines is 2. The second-order valence-corrected chi connectivity index (χ2v) is 11.1. The van der Waals surface area contributed by atoms with Gasteiger partial charge in [0.25, 0.3) is 0 Å². The van der Waals surface area contributed by atoms with Gasteiger partial charge in [-0.1, -0.05) is 0 Å². The highest BCUT2D eigenvalue weighted by Gasteiger charge is 2.23. The lowest BCUT2D eigenvalue weighted by Gasteiger charge is -2.14. The first-order chi connectivity index (χ1) is 22.2. The van der Waals surface area contributed by atoms with Crippen LogP contribution < -0.4 is 24.8 Å². The number of hydrogen-bond acceptors (Lipinski definition) is 9. The van der Waals surface area contributed by atoms with Crippen molar-refractivity contribution >= 4 is 22.7 Å². The van der Waals surface area contributed by atoms with E-state index in [0.717, 1.165) is 40.1 Å². The zero-order chi connectivity index (χ0) is 31.9. The molecule has 0 spiro atoms. The summed E-state index contributed by atoms with van der Waals surface area (Å²) in [7, 11) is 0. The molecule has 1 aliphatic heterocycles. The molecule has 7 rings (SSSR count). The third-order valence-corrected chi connectivity index (χ3v) is 7.61. The molecule has 6 aromatic rings. The number of rotatable bonds is 10. The van der Waals surface area contributed by atoms with Crippen molar-refractivity contribution in [3.63, 3.8) is 0 Å². The van der Waals surface area contributed by atoms with Crippen LogP contribution in [0.3, 0.4) is 0 Å². The van der Waals surface area contributed by atoms with Crippen LogP contribution in [0, 0.1) is 32.4 Å². The molecule has 5 heterocycles. The summed E-state index contributed by atoms with van der Waals surface area (Å²) in [6, 6.07) is 12.5. The van der Waals surface area contributed by atoms with E-state index in [1.165, 1.54) is 12.1 Å². The Morgan fingerprint density at radius 1 is 0.957 bits per heavy atom. The van der Waals surface area contributed by atoms with Crippen molar-refractivity contribution in [3.05, 3.63) is 106 Å². The summed E-state index contributed by atoms with van der Waals surface area (Å²) in [4.78, 5) is 9.66. The van der Waals surface area contributed by atoms with Gasteiger partial charge in [0.2, 0.25) is 25.2 Å². The molecule has 0 saturated carbocycles. The molecule has 46 heavy (non-hydrogen) atoms. The van der Waals surface area contributed by atoms with Crippen LogP contribution in [0.4, 0.5) is 20.2 Å². The van der Waals surface area contributed by atoms with Gasteiger partial charge < -0.3 is 30.0 Å². The average Bonchev–Trinajstić information content (AvgIpc) is 3.72. The lowest BCUT2D eigenvalue weighted by atomic mass is 10.2. The van der Waals surface area contributed by atoms with Crippen molar-refractivity contribution in [1.82, 2.24) is 24.1 Å². The van der Waals surface area contributed by atoms with Gasteiger partial charge in [0.05, 0.1) is 29.6 Å². The molecule has 1 unspecified atom stereocenters. The van der Waals surface area contributed by atoms with Crippen LogP contribution in [0.1, 0.15) is 40.1 Å². The molecule has 12 nitrogen and oxygen atoms in total. The molecule has 4 aromatic heterocycles. The van der Waals surface area contributed by atoms with Gasteiger partial charge in [0.15, 0.2) is 23.4 Å². The normalized spacial score (nSPS) is 13.1. The summed E-state index contributed by atoms with van der Waals surface area (Å²) in [5.74, 6) is -0.0796. The summed E-state index contributed by atoms with van der Waals surface area (Å²) in [6.45, 7) is 6.65. The molecule has 0 fully saturated rings. The Morgan fingerprint density at radius 3 is 2.59 bits per heavy atom. The number of aromatic nitrogens is 6. The first kappa shape index (κ1) is 29.4. The smallest absolute Gasteiger partial charge is 0.231 e. The van der Waals surface area contributed by atoms with Gasteiger partial charge in [-0.3, -0.25) is 0 Å². The molecule has 236 valence electrons. The topological polar surface area (TPSA) is 123 Å². The summed E-state index contributed by atoms with van der Waals surface area (Å²) in [5.41, 5.74) is 6.93. The summed E-state index contributed by atoms with van der Waals surface area (Å²) in [5, 5.41) is 21.6. The number of hydrogen-bond donors (Lipinski definition) is 3. The SMILES string of the molecule is Cc1cc(C)n2c(n1)c(COCNc1cc(F)cc(F)c1)c[n+]2Cc1cc(C)n2ncc(C(O)Nc3ccc4c(c3)OCO4)c2n1. The molecular weight excluding hydrogens is 598 g/mol. The molecule has 0 saturated heterocycles. The number of nitrogens with one attached hydrogen (secondary N) is 2. The molecular formula is C32H31F2N8O4+. The van der Waals surface area contributed by atoms with Crippen LogP contribution in [0.2, 0.25) is 0 Å². The van der Waals surface area contributed by atoms with E-state index in [9.17, 15) is 13.9 Å². The number of aliphatic hydroxyl groups is 1. The molecule has 0 amide bonds. The van der Waals surface area contributed by atoms with Gasteiger partial charge in [0, 0.05) is 34.9 Å². The number of halogens is 2. The van der Waals surface area contributed by atoms with Gasteiger partial charge in [0.1, 0.15) is 24.1 Å². The highest BCUT2D eigenvalue weighted by Crippen LogP contribution is 2.35. The maximum atomic E-state index is 13.5. The van der Waals surface area contributed by atoms with E-state index in [4.69, 9.17) is 24.2 Å². The van der Waals surface area contributed by atoms with E-state index in [0.29, 0.717) is 34.9 Å². The molecule has 14 heteroatoms. The lowest BCUT2D eigenvalue weighted by molar-refractivity contribution is -0.754. The molecule has 0 radical (unpaired) electrons. The third kappa shape index (κ3) is 5.75. The van der Waals surface area contributed by atoms with Crippen molar-refractivity contribution in [2.24, 2.45) is 0 Å². The average molecular weight is 630 g/mol. The van der Waals surface area contributed by atoms with E-state index in [2.05, 4.69) is 15.7 Å². The van der Waals surface area contributed by atoms with Crippen LogP contribution in [-0.4, -0.2) is 42.7 Å². The quantitative estimate of drug-likeness (QED) is 0.115. The highest BCUT2D eigenvalue weighted by atomic mass is 19.1. The fourth-order valence-corrected chi connectivity index (χ4v) is 5.63. The number of aryl methyl sites for hydroxylation is 3. The Kier molecular flexibility index (Phi) is 7.58. The Bertz CT molecular complexity index is 2080. The van der Waals surface area contributed by atoms with Gasteiger partial charge >= 0.3 is 0 Å². The number of ether oxygens (including phenoxy) is 3. The molecule has 2 aromatic carbocycles. The second-order valence-electron chi connectivity index (χ2n) is 11.1. The maximum absolute atomic E-state index is 13.5. The maximum Gasteiger partial charge on any atom is 0.231 e. The third-order valence-electron chi connectivity index (χ3n) is 7.61. The Hall–Kier alpha value is -5.34. The summed E-state index contributed by atoms with van der Waals surface area (Å²) >= 11 is 0. The molecule has 1 aliphatic rings. The van der Waals surface area contributed by atoms with Gasteiger partial charge in [-0.2, -0.15) is 5.10 Å². The van der Waals surface area contributed by atoms with E-state index in [1.807, 2.05) is 48.3 Å². The molecule has 3 N–H and O–H groups in total. The first-order valence-electron chi connectivity index (χ1n) is 14.6. The zero-order valence-electron chi connectivity index (χ0n) is 25.3. The van der Waals surface area contributed by atoms with Crippen molar-refractivity contribution in [1.29, 1.82) is 0 Å². The number of aliphatic hydroxyl groups excluding tert-OH is 1. The minimum absolute atomic E-state index is 0.0368. The van der Waals surface area contributed by atoms with Gasteiger partial charge in [-0.25, -0.2) is 23.3 Å². The minimum atomic E-state index is -1.09. The molecule has 0 aliphatic carbocycles. The van der Waals surface area contributed by atoms with Crippen LogP contribution >= 0.6 is 0 Å². The summed E-state index contributed by atoms with van der Waals surface area (Å²) < 4.78 is 49.5. The predicted octanol–water partition coefficient (Wildman–Crippen LogP) is 4.33. The monoisotopic (exact) mass is 629 g/mol. The van der Waals surface area contributed by atoms with Gasteiger partial charge in [-0.05, 0) is 57.2 Å². The Labute approximate surface area is 261 Å². The Morgan fingerprint density at radius 2 is 1.76 bits per heavy atom. The van der Waals surface area contributed by atoms with Crippen molar-refractivity contribution < 1.29 is 32.8 Å².